The summed E-state index contributed by atoms with van der Waals surface area (Å²) < 4.78 is 7.03. The summed E-state index contributed by atoms with van der Waals surface area (Å²) in [6.45, 7) is 0.475. The van der Waals surface area contributed by atoms with Crippen LogP contribution in [0.2, 0.25) is 0 Å². The maximum absolute atomic E-state index is 13.2. The molecule has 1 atom stereocenters. The first-order valence-corrected chi connectivity index (χ1v) is 12.2. The lowest BCUT2D eigenvalue weighted by molar-refractivity contribution is -0.118. The van der Waals surface area contributed by atoms with Gasteiger partial charge in [-0.15, -0.1) is 0 Å². The zero-order valence-electron chi connectivity index (χ0n) is 20.6. The van der Waals surface area contributed by atoms with Gasteiger partial charge in [-0.3, -0.25) is 9.59 Å². The van der Waals surface area contributed by atoms with Gasteiger partial charge in [0.05, 0.1) is 0 Å². The molecule has 3 amide bonds. The van der Waals surface area contributed by atoms with Gasteiger partial charge in [0, 0.05) is 30.2 Å². The second kappa shape index (κ2) is 12.4. The topological polar surface area (TPSA) is 101 Å². The Morgan fingerprint density at radius 2 is 1.57 bits per heavy atom. The van der Waals surface area contributed by atoms with Crippen LogP contribution in [-0.4, -0.2) is 35.1 Å². The smallest absolute Gasteiger partial charge is 0.407 e. The van der Waals surface area contributed by atoms with Crippen LogP contribution in [0.3, 0.4) is 0 Å². The molecule has 0 aliphatic carbocycles. The van der Waals surface area contributed by atoms with Crippen LogP contribution in [-0.2, 0) is 23.2 Å². The molecule has 0 radical (unpaired) electrons. The van der Waals surface area contributed by atoms with Crippen molar-refractivity contribution >= 4 is 34.5 Å². The van der Waals surface area contributed by atoms with Crippen LogP contribution in [0.1, 0.15) is 28.9 Å². The summed E-state index contributed by atoms with van der Waals surface area (Å²) in [7, 11) is 1.82. The summed E-state index contributed by atoms with van der Waals surface area (Å²) >= 11 is 0. The van der Waals surface area contributed by atoms with Gasteiger partial charge in [-0.05, 0) is 42.7 Å². The Bertz CT molecular complexity index is 1350. The van der Waals surface area contributed by atoms with Crippen LogP contribution in [0.15, 0.2) is 91.0 Å². The number of aromatic nitrogens is 1. The van der Waals surface area contributed by atoms with Crippen LogP contribution in [0.5, 0.6) is 0 Å². The van der Waals surface area contributed by atoms with Gasteiger partial charge in [0.15, 0.2) is 0 Å². The summed E-state index contributed by atoms with van der Waals surface area (Å²) in [5, 5.41) is 9.37. The Balaban J connectivity index is 1.35. The minimum absolute atomic E-state index is 0.176. The van der Waals surface area contributed by atoms with Crippen molar-refractivity contribution < 1.29 is 19.1 Å². The highest BCUT2D eigenvalue weighted by Gasteiger charge is 2.23. The van der Waals surface area contributed by atoms with Gasteiger partial charge in [-0.2, -0.15) is 0 Å². The molecular weight excluding hydrogens is 468 g/mol. The third-order valence-corrected chi connectivity index (χ3v) is 6.00. The number of carbonyl (C=O) groups excluding carboxylic acids is 3. The van der Waals surface area contributed by atoms with Gasteiger partial charge in [0.1, 0.15) is 18.3 Å². The van der Waals surface area contributed by atoms with E-state index in [0.29, 0.717) is 30.8 Å². The number of benzene rings is 3. The van der Waals surface area contributed by atoms with Crippen molar-refractivity contribution in [3.63, 3.8) is 0 Å². The molecule has 0 spiro atoms. The number of aryl methyl sites for hydroxylation is 1. The maximum atomic E-state index is 13.2. The first-order chi connectivity index (χ1) is 18.0. The Kier molecular flexibility index (Phi) is 8.54. The van der Waals surface area contributed by atoms with Crippen molar-refractivity contribution in [2.75, 3.05) is 11.9 Å². The molecule has 8 heteroatoms. The first kappa shape index (κ1) is 25.5. The number of rotatable bonds is 10. The third kappa shape index (κ3) is 6.98. The SMILES string of the molecule is Cn1c(C(=O)N[C@@H](CCCNC(=O)OCc2ccccc2)C(=O)Nc2ccccc2)cc2ccccc21. The Morgan fingerprint density at radius 1 is 0.892 bits per heavy atom. The van der Waals surface area contributed by atoms with Crippen molar-refractivity contribution in [1.82, 2.24) is 15.2 Å². The molecule has 0 saturated heterocycles. The fraction of sp³-hybridized carbons (Fsp3) is 0.207. The molecule has 37 heavy (non-hydrogen) atoms. The highest BCUT2D eigenvalue weighted by Crippen LogP contribution is 2.18. The summed E-state index contributed by atoms with van der Waals surface area (Å²) in [6.07, 6.45) is 0.254. The van der Waals surface area contributed by atoms with Crippen LogP contribution in [0, 0.1) is 0 Å². The van der Waals surface area contributed by atoms with Crippen LogP contribution >= 0.6 is 0 Å². The van der Waals surface area contributed by atoms with Gasteiger partial charge in [0.25, 0.3) is 5.91 Å². The van der Waals surface area contributed by atoms with E-state index in [2.05, 4.69) is 16.0 Å². The summed E-state index contributed by atoms with van der Waals surface area (Å²) in [6, 6.07) is 27.2. The van der Waals surface area contributed by atoms with Gasteiger partial charge in [-0.1, -0.05) is 66.7 Å². The number of nitrogens with zero attached hydrogens (tertiary/aromatic N) is 1. The maximum Gasteiger partial charge on any atom is 0.407 e. The zero-order valence-corrected chi connectivity index (χ0v) is 20.6. The number of hydrogen-bond donors (Lipinski definition) is 3. The molecule has 190 valence electrons. The lowest BCUT2D eigenvalue weighted by Crippen LogP contribution is -2.44. The van der Waals surface area contributed by atoms with Gasteiger partial charge >= 0.3 is 6.09 Å². The minimum Gasteiger partial charge on any atom is -0.445 e. The zero-order chi connectivity index (χ0) is 26.0. The number of hydrogen-bond acceptors (Lipinski definition) is 4. The Labute approximate surface area is 215 Å². The minimum atomic E-state index is -0.798. The van der Waals surface area contributed by atoms with Crippen molar-refractivity contribution in [1.29, 1.82) is 0 Å². The average molecular weight is 499 g/mol. The Morgan fingerprint density at radius 3 is 2.30 bits per heavy atom. The molecule has 0 fully saturated rings. The number of anilines is 1. The fourth-order valence-corrected chi connectivity index (χ4v) is 4.03. The number of nitrogens with one attached hydrogen (secondary N) is 3. The van der Waals surface area contributed by atoms with E-state index in [9.17, 15) is 14.4 Å². The largest absolute Gasteiger partial charge is 0.445 e. The van der Waals surface area contributed by atoms with Crippen molar-refractivity contribution in [2.24, 2.45) is 7.05 Å². The summed E-state index contributed by atoms with van der Waals surface area (Å²) in [4.78, 5) is 38.3. The van der Waals surface area contributed by atoms with E-state index in [4.69, 9.17) is 4.74 Å². The monoisotopic (exact) mass is 498 g/mol. The van der Waals surface area contributed by atoms with E-state index < -0.39 is 12.1 Å². The number of ether oxygens (including phenoxy) is 1. The molecule has 1 aromatic heterocycles. The molecule has 3 N–H and O–H groups in total. The van der Waals surface area contributed by atoms with Crippen LogP contribution < -0.4 is 16.0 Å². The Hall–Kier alpha value is -4.59. The molecule has 1 heterocycles. The molecule has 0 aliphatic rings. The van der Waals surface area contributed by atoms with Gasteiger partial charge < -0.3 is 25.3 Å². The third-order valence-electron chi connectivity index (χ3n) is 6.00. The number of alkyl carbamates (subject to hydrolysis) is 1. The van der Waals surface area contributed by atoms with Crippen molar-refractivity contribution in [3.05, 3.63) is 102 Å². The number of para-hydroxylation sites is 2. The fourth-order valence-electron chi connectivity index (χ4n) is 4.03. The molecule has 0 unspecified atom stereocenters. The van der Waals surface area contributed by atoms with E-state index in [1.165, 1.54) is 0 Å². The van der Waals surface area contributed by atoms with Crippen LogP contribution in [0.4, 0.5) is 10.5 Å². The quantitative estimate of drug-likeness (QED) is 0.278. The standard InChI is InChI=1S/C29H30N4O4/c1-33-25-17-9-8-13-22(25)19-26(33)28(35)32-24(27(34)31-23-14-6-3-7-15-23)16-10-18-30-29(36)37-20-21-11-4-2-5-12-21/h2-9,11-15,17,19,24H,10,16,18,20H2,1H3,(H,30,36)(H,31,34)(H,32,35)/t24-/m0/s1. The first-order valence-electron chi connectivity index (χ1n) is 12.2. The molecule has 4 rings (SSSR count). The van der Waals surface area contributed by atoms with E-state index >= 15 is 0 Å². The lowest BCUT2D eigenvalue weighted by atomic mass is 10.1. The average Bonchev–Trinajstić information content (AvgIpc) is 3.26. The van der Waals surface area contributed by atoms with Crippen molar-refractivity contribution in [3.8, 4) is 0 Å². The second-order valence-corrected chi connectivity index (χ2v) is 8.66. The van der Waals surface area contributed by atoms with E-state index in [1.807, 2.05) is 79.8 Å². The summed E-state index contributed by atoms with van der Waals surface area (Å²) in [5.41, 5.74) is 2.92. The predicted molar refractivity (Wildman–Crippen MR) is 143 cm³/mol. The number of fused-ring (bicyclic) bond motifs is 1. The highest BCUT2D eigenvalue weighted by molar-refractivity contribution is 6.03. The molecule has 0 saturated carbocycles. The lowest BCUT2D eigenvalue weighted by Gasteiger charge is -2.19. The molecular formula is C29H30N4O4. The van der Waals surface area contributed by atoms with Crippen LogP contribution in [0.25, 0.3) is 10.9 Å². The van der Waals surface area contributed by atoms with E-state index in [0.717, 1.165) is 16.5 Å². The molecule has 0 aliphatic heterocycles. The van der Waals surface area contributed by atoms with Gasteiger partial charge in [-0.25, -0.2) is 4.79 Å². The highest BCUT2D eigenvalue weighted by atomic mass is 16.5. The second-order valence-electron chi connectivity index (χ2n) is 8.66. The molecule has 8 nitrogen and oxygen atoms in total. The predicted octanol–water partition coefficient (Wildman–Crippen LogP) is 4.62. The summed E-state index contributed by atoms with van der Waals surface area (Å²) in [5.74, 6) is -0.674. The normalized spacial score (nSPS) is 11.5. The number of carbonyl (C=O) groups is 3. The number of amides is 3. The van der Waals surface area contributed by atoms with Crippen molar-refractivity contribution in [2.45, 2.75) is 25.5 Å². The molecule has 4 aromatic rings. The molecule has 3 aromatic carbocycles. The van der Waals surface area contributed by atoms with Gasteiger partial charge in [0.2, 0.25) is 5.91 Å². The molecule has 0 bridgehead atoms. The van der Waals surface area contributed by atoms with E-state index in [1.54, 1.807) is 22.8 Å². The van der Waals surface area contributed by atoms with E-state index in [-0.39, 0.29) is 18.4 Å².